The number of aryl methyl sites for hydroxylation is 1. The summed E-state index contributed by atoms with van der Waals surface area (Å²) in [6.07, 6.45) is 1.65. The molecule has 7 nitrogen and oxygen atoms in total. The predicted molar refractivity (Wildman–Crippen MR) is 95.4 cm³/mol. The second kappa shape index (κ2) is 9.91. The average molecular weight is 387 g/mol. The molecule has 0 aliphatic rings. The zero-order valence-corrected chi connectivity index (χ0v) is 15.3. The van der Waals surface area contributed by atoms with Crippen molar-refractivity contribution in [2.24, 2.45) is 4.99 Å². The monoisotopic (exact) mass is 386 g/mol. The third-order valence-electron chi connectivity index (χ3n) is 3.44. The fourth-order valence-corrected chi connectivity index (χ4v) is 2.43. The Balaban J connectivity index is 2.10. The van der Waals surface area contributed by atoms with Crippen LogP contribution in [0, 0.1) is 0 Å². The molecule has 1 heterocycles. The molecule has 0 spiro atoms. The number of aliphatic imine (C=N–C) groups is 1. The van der Waals surface area contributed by atoms with Crippen LogP contribution in [-0.4, -0.2) is 33.9 Å². The summed E-state index contributed by atoms with van der Waals surface area (Å²) < 4.78 is 31.5. The molecule has 0 aliphatic carbocycles. The van der Waals surface area contributed by atoms with Crippen LogP contribution in [0.2, 0.25) is 5.02 Å². The van der Waals surface area contributed by atoms with Gasteiger partial charge in [-0.25, -0.2) is 4.99 Å². The minimum atomic E-state index is -2.91. The van der Waals surface area contributed by atoms with Crippen molar-refractivity contribution in [3.05, 3.63) is 40.9 Å². The molecule has 0 bridgehead atoms. The largest absolute Gasteiger partial charge is 0.434 e. The molecule has 0 amide bonds. The fourth-order valence-electron chi connectivity index (χ4n) is 2.23. The van der Waals surface area contributed by atoms with E-state index in [1.54, 1.807) is 12.4 Å². The number of benzene rings is 1. The molecule has 1 aromatic carbocycles. The molecule has 0 aliphatic heterocycles. The lowest BCUT2D eigenvalue weighted by molar-refractivity contribution is -0.0504. The highest BCUT2D eigenvalue weighted by molar-refractivity contribution is 6.30. The molecule has 0 saturated heterocycles. The molecule has 0 fully saturated rings. The number of rotatable bonds is 8. The van der Waals surface area contributed by atoms with Gasteiger partial charge in [0.15, 0.2) is 11.8 Å². The predicted octanol–water partition coefficient (Wildman–Crippen LogP) is 2.81. The lowest BCUT2D eigenvalue weighted by atomic mass is 10.2. The van der Waals surface area contributed by atoms with Gasteiger partial charge in [0.2, 0.25) is 0 Å². The zero-order chi connectivity index (χ0) is 18.9. The van der Waals surface area contributed by atoms with Gasteiger partial charge >= 0.3 is 6.61 Å². The standard InChI is InChI=1S/C16H21ClF2N6O/c1-3-20-16(22-9-14-24-23-10-25(14)4-2)21-8-11-7-12(17)5-6-13(11)26-15(18)19/h5-7,10,15H,3-4,8-9H2,1-2H3,(H2,20,21,22). The van der Waals surface area contributed by atoms with Crippen LogP contribution < -0.4 is 15.4 Å². The molecule has 0 unspecified atom stereocenters. The van der Waals surface area contributed by atoms with Crippen molar-refractivity contribution < 1.29 is 13.5 Å². The van der Waals surface area contributed by atoms with Crippen LogP contribution in [0.25, 0.3) is 0 Å². The molecular formula is C16H21ClF2N6O. The van der Waals surface area contributed by atoms with Gasteiger partial charge in [0.1, 0.15) is 12.1 Å². The molecule has 0 atom stereocenters. The maximum absolute atomic E-state index is 12.5. The Bertz CT molecular complexity index is 737. The van der Waals surface area contributed by atoms with Crippen LogP contribution in [0.4, 0.5) is 8.78 Å². The topological polar surface area (TPSA) is 76.4 Å². The van der Waals surface area contributed by atoms with Crippen LogP contribution in [-0.2, 0) is 19.6 Å². The van der Waals surface area contributed by atoms with Crippen molar-refractivity contribution in [2.45, 2.75) is 40.1 Å². The summed E-state index contributed by atoms with van der Waals surface area (Å²) in [5.74, 6) is 1.33. The normalized spacial score (nSPS) is 11.7. The van der Waals surface area contributed by atoms with Gasteiger partial charge in [-0.3, -0.25) is 0 Å². The second-order valence-electron chi connectivity index (χ2n) is 5.21. The molecule has 26 heavy (non-hydrogen) atoms. The number of guanidine groups is 1. The Kier molecular flexibility index (Phi) is 7.58. The first-order valence-corrected chi connectivity index (χ1v) is 8.53. The molecule has 0 radical (unpaired) electrons. The van der Waals surface area contributed by atoms with Gasteiger partial charge in [-0.05, 0) is 32.0 Å². The van der Waals surface area contributed by atoms with E-state index in [1.165, 1.54) is 12.1 Å². The lowest BCUT2D eigenvalue weighted by Crippen LogP contribution is -2.37. The highest BCUT2D eigenvalue weighted by Gasteiger charge is 2.11. The molecular weight excluding hydrogens is 366 g/mol. The van der Waals surface area contributed by atoms with E-state index in [2.05, 4.69) is 30.6 Å². The van der Waals surface area contributed by atoms with Crippen LogP contribution >= 0.6 is 11.6 Å². The summed E-state index contributed by atoms with van der Waals surface area (Å²) >= 11 is 5.95. The number of ether oxygens (including phenoxy) is 1. The van der Waals surface area contributed by atoms with E-state index in [4.69, 9.17) is 11.6 Å². The van der Waals surface area contributed by atoms with Gasteiger partial charge < -0.3 is 19.9 Å². The van der Waals surface area contributed by atoms with E-state index in [9.17, 15) is 8.78 Å². The molecule has 2 N–H and O–H groups in total. The summed E-state index contributed by atoms with van der Waals surface area (Å²) in [5.41, 5.74) is 0.465. The zero-order valence-electron chi connectivity index (χ0n) is 14.5. The Morgan fingerprint density at radius 3 is 2.85 bits per heavy atom. The van der Waals surface area contributed by atoms with Crippen LogP contribution in [0.1, 0.15) is 25.2 Å². The third-order valence-corrected chi connectivity index (χ3v) is 3.68. The van der Waals surface area contributed by atoms with Crippen molar-refractivity contribution in [1.82, 2.24) is 25.4 Å². The summed E-state index contributed by atoms with van der Waals surface area (Å²) in [4.78, 5) is 4.40. The van der Waals surface area contributed by atoms with Gasteiger partial charge in [0.25, 0.3) is 0 Å². The number of nitrogens with zero attached hydrogens (tertiary/aromatic N) is 4. The number of halogens is 3. The van der Waals surface area contributed by atoms with Crippen molar-refractivity contribution in [3.63, 3.8) is 0 Å². The quantitative estimate of drug-likeness (QED) is 0.539. The maximum atomic E-state index is 12.5. The summed E-state index contributed by atoms with van der Waals surface area (Å²) in [5, 5.41) is 14.6. The van der Waals surface area contributed by atoms with E-state index >= 15 is 0 Å². The van der Waals surface area contributed by atoms with Crippen molar-refractivity contribution >= 4 is 17.6 Å². The highest BCUT2D eigenvalue weighted by Crippen LogP contribution is 2.25. The van der Waals surface area contributed by atoms with E-state index in [0.29, 0.717) is 29.6 Å². The minimum Gasteiger partial charge on any atom is -0.434 e. The van der Waals surface area contributed by atoms with Gasteiger partial charge in [-0.1, -0.05) is 11.6 Å². The van der Waals surface area contributed by atoms with E-state index in [0.717, 1.165) is 12.4 Å². The second-order valence-corrected chi connectivity index (χ2v) is 5.65. The first-order chi connectivity index (χ1) is 12.5. The van der Waals surface area contributed by atoms with Crippen molar-refractivity contribution in [3.8, 4) is 5.75 Å². The maximum Gasteiger partial charge on any atom is 0.387 e. The highest BCUT2D eigenvalue weighted by atomic mass is 35.5. The number of hydrogen-bond acceptors (Lipinski definition) is 4. The van der Waals surface area contributed by atoms with Crippen LogP contribution in [0.3, 0.4) is 0 Å². The third kappa shape index (κ3) is 5.83. The molecule has 142 valence electrons. The van der Waals surface area contributed by atoms with Gasteiger partial charge in [0.05, 0.1) is 13.1 Å². The van der Waals surface area contributed by atoms with Crippen LogP contribution in [0.15, 0.2) is 29.5 Å². The molecule has 2 aromatic rings. The lowest BCUT2D eigenvalue weighted by Gasteiger charge is -2.13. The molecule has 2 rings (SSSR count). The van der Waals surface area contributed by atoms with E-state index in [-0.39, 0.29) is 12.3 Å². The Morgan fingerprint density at radius 1 is 1.35 bits per heavy atom. The Hall–Kier alpha value is -2.42. The summed E-state index contributed by atoms with van der Waals surface area (Å²) in [7, 11) is 0. The Labute approximate surface area is 155 Å². The molecule has 1 aromatic heterocycles. The van der Waals surface area contributed by atoms with Crippen molar-refractivity contribution in [2.75, 3.05) is 6.54 Å². The summed E-state index contributed by atoms with van der Waals surface area (Å²) in [6, 6.07) is 4.46. The molecule has 10 heteroatoms. The fraction of sp³-hybridized carbons (Fsp3) is 0.438. The average Bonchev–Trinajstić information content (AvgIpc) is 3.06. The smallest absolute Gasteiger partial charge is 0.387 e. The van der Waals surface area contributed by atoms with Crippen LogP contribution in [0.5, 0.6) is 5.75 Å². The SMILES string of the molecule is CCNC(=NCc1cc(Cl)ccc1OC(F)F)NCc1nncn1CC. The Morgan fingerprint density at radius 2 is 2.15 bits per heavy atom. The first kappa shape index (κ1) is 19.9. The number of hydrogen-bond donors (Lipinski definition) is 2. The van der Waals surface area contributed by atoms with Gasteiger partial charge in [0, 0.05) is 23.7 Å². The van der Waals surface area contributed by atoms with E-state index < -0.39 is 6.61 Å². The number of nitrogens with one attached hydrogen (secondary N) is 2. The first-order valence-electron chi connectivity index (χ1n) is 8.15. The molecule has 0 saturated carbocycles. The van der Waals surface area contributed by atoms with Crippen molar-refractivity contribution in [1.29, 1.82) is 0 Å². The summed E-state index contributed by atoms with van der Waals surface area (Å²) in [6.45, 7) is 2.96. The van der Waals surface area contributed by atoms with Gasteiger partial charge in [-0.15, -0.1) is 10.2 Å². The van der Waals surface area contributed by atoms with E-state index in [1.807, 2.05) is 18.4 Å². The minimum absolute atomic E-state index is 0.0507. The number of alkyl halides is 2. The number of aromatic nitrogens is 3. The van der Waals surface area contributed by atoms with Gasteiger partial charge in [-0.2, -0.15) is 8.78 Å².